The fourth-order valence-corrected chi connectivity index (χ4v) is 5.61. The molecule has 10 heteroatoms. The molecule has 1 aliphatic heterocycles. The third-order valence-electron chi connectivity index (χ3n) is 6.77. The van der Waals surface area contributed by atoms with Gasteiger partial charge in [-0.05, 0) is 81.6 Å². The second-order valence-corrected chi connectivity index (χ2v) is 13.0. The number of rotatable bonds is 7. The average molecular weight is 693 g/mol. The van der Waals surface area contributed by atoms with Crippen LogP contribution in [0.4, 0.5) is 21.5 Å². The molecule has 6 nitrogen and oxygen atoms in total. The minimum Gasteiger partial charge on any atom is -0.388 e. The number of benzene rings is 3. The maximum atomic E-state index is 14.6. The topological polar surface area (TPSA) is 78.5 Å². The van der Waals surface area contributed by atoms with Gasteiger partial charge in [0.2, 0.25) is 0 Å². The van der Waals surface area contributed by atoms with E-state index >= 15 is 0 Å². The lowest BCUT2D eigenvalue weighted by Gasteiger charge is -2.21. The van der Waals surface area contributed by atoms with Crippen LogP contribution >= 0.6 is 23.2 Å². The second kappa shape index (κ2) is 23.2. The zero-order chi connectivity index (χ0) is 34.5. The van der Waals surface area contributed by atoms with E-state index in [1.807, 2.05) is 32.9 Å². The molecule has 0 aromatic heterocycles. The standard InChI is InChI=1S/C20H24FN3O2S.C7H5ClO.C5H12.C4H7Cl/c1-14-6-7-15(12-19(14)22-2)23-20(25)17-9-8-16(13-18(17)21)24-10-4-3-5-11-27(24)26;8-7-3-1-2-6(4-7)5-9;1-3-5-4-2;1-3-4(2)5/h6-9,12-13,22H,3-5,10-11H2,1-2H3,(H,23,25);1-5H;3-5H2,1-2H3;3H,1-2H3/b;;;4-3+. The van der Waals surface area contributed by atoms with E-state index in [1.165, 1.54) is 31.4 Å². The second-order valence-electron chi connectivity index (χ2n) is 10.5. The van der Waals surface area contributed by atoms with Crippen LogP contribution < -0.4 is 14.9 Å². The number of hydrogen-bond acceptors (Lipinski definition) is 4. The molecule has 3 aromatic carbocycles. The molecule has 1 aliphatic rings. The first-order valence-electron chi connectivity index (χ1n) is 15.6. The number of amides is 1. The van der Waals surface area contributed by atoms with Gasteiger partial charge in [0.15, 0.2) is 0 Å². The molecule has 0 spiro atoms. The summed E-state index contributed by atoms with van der Waals surface area (Å²) in [5, 5.41) is 7.23. The summed E-state index contributed by atoms with van der Waals surface area (Å²) >= 11 is 10.9. The van der Waals surface area contributed by atoms with Gasteiger partial charge in [0, 0.05) is 46.3 Å². The first-order valence-corrected chi connectivity index (χ1v) is 17.6. The molecule has 1 atom stereocenters. The smallest absolute Gasteiger partial charge is 0.258 e. The molecule has 2 N–H and O–H groups in total. The van der Waals surface area contributed by atoms with E-state index in [9.17, 15) is 18.2 Å². The van der Waals surface area contributed by atoms with Gasteiger partial charge in [0.25, 0.3) is 5.91 Å². The molecule has 3 aromatic rings. The number of unbranched alkanes of at least 4 members (excludes halogenated alkanes) is 2. The summed E-state index contributed by atoms with van der Waals surface area (Å²) in [6.07, 6.45) is 9.56. The van der Waals surface area contributed by atoms with Gasteiger partial charge < -0.3 is 10.6 Å². The van der Waals surface area contributed by atoms with Gasteiger partial charge in [-0.3, -0.25) is 13.9 Å². The van der Waals surface area contributed by atoms with Crippen molar-refractivity contribution in [2.45, 2.75) is 73.1 Å². The molecule has 1 unspecified atom stereocenters. The van der Waals surface area contributed by atoms with Crippen molar-refractivity contribution in [2.75, 3.05) is 34.3 Å². The fraction of sp³-hybridized carbons (Fsp3) is 0.389. The van der Waals surface area contributed by atoms with Crippen molar-refractivity contribution >= 4 is 63.4 Å². The highest BCUT2D eigenvalue weighted by Gasteiger charge is 2.20. The maximum absolute atomic E-state index is 14.6. The summed E-state index contributed by atoms with van der Waals surface area (Å²) in [5.74, 6) is -0.542. The quantitative estimate of drug-likeness (QED) is 0.242. The maximum Gasteiger partial charge on any atom is 0.258 e. The van der Waals surface area contributed by atoms with Crippen molar-refractivity contribution in [1.29, 1.82) is 0 Å². The van der Waals surface area contributed by atoms with E-state index in [2.05, 4.69) is 24.5 Å². The molecule has 46 heavy (non-hydrogen) atoms. The van der Waals surface area contributed by atoms with Crippen molar-refractivity contribution in [3.05, 3.63) is 99.3 Å². The number of carbonyl (C=O) groups is 2. The van der Waals surface area contributed by atoms with E-state index in [0.29, 0.717) is 34.3 Å². The molecule has 0 saturated carbocycles. The summed E-state index contributed by atoms with van der Waals surface area (Å²) in [5.41, 5.74) is 3.67. The van der Waals surface area contributed by atoms with E-state index in [-0.39, 0.29) is 5.56 Å². The Balaban J connectivity index is 0.000000452. The van der Waals surface area contributed by atoms with Crippen molar-refractivity contribution in [2.24, 2.45) is 0 Å². The molecule has 4 rings (SSSR count). The van der Waals surface area contributed by atoms with Gasteiger partial charge in [-0.2, -0.15) is 0 Å². The molecular weight excluding hydrogens is 644 g/mol. The summed E-state index contributed by atoms with van der Waals surface area (Å²) in [6, 6.07) is 16.7. The van der Waals surface area contributed by atoms with Crippen LogP contribution in [0.5, 0.6) is 0 Å². The minimum absolute atomic E-state index is 0.0362. The summed E-state index contributed by atoms with van der Waals surface area (Å²) in [6.45, 7) is 10.8. The molecule has 252 valence electrons. The Bertz CT molecular complexity index is 1430. The SMILES string of the molecule is C/C=C(\C)Cl.CCCCC.CNc1cc(NC(=O)c2ccc(N3CCCCCS3=O)cc2F)ccc1C.O=Cc1cccc(Cl)c1. The Morgan fingerprint density at radius 1 is 1.04 bits per heavy atom. The molecule has 1 heterocycles. The van der Waals surface area contributed by atoms with E-state index in [1.54, 1.807) is 53.8 Å². The van der Waals surface area contributed by atoms with Gasteiger partial charge >= 0.3 is 0 Å². The molecule has 1 amide bonds. The predicted molar refractivity (Wildman–Crippen MR) is 197 cm³/mol. The fourth-order valence-electron chi connectivity index (χ4n) is 4.06. The Morgan fingerprint density at radius 3 is 2.26 bits per heavy atom. The number of allylic oxidation sites excluding steroid dienone is 2. The molecule has 0 radical (unpaired) electrons. The van der Waals surface area contributed by atoms with Crippen LogP contribution in [-0.2, 0) is 11.0 Å². The van der Waals surface area contributed by atoms with Crippen LogP contribution in [0.3, 0.4) is 0 Å². The van der Waals surface area contributed by atoms with Gasteiger partial charge in [-0.1, -0.05) is 87.0 Å². The molecular formula is C36H48Cl2FN3O3S. The van der Waals surface area contributed by atoms with Gasteiger partial charge in [-0.15, -0.1) is 0 Å². The van der Waals surface area contributed by atoms with E-state index in [0.717, 1.165) is 41.8 Å². The Morgan fingerprint density at radius 2 is 1.74 bits per heavy atom. The molecule has 1 saturated heterocycles. The number of nitrogens with zero attached hydrogens (tertiary/aromatic N) is 1. The Hall–Kier alpha value is -3.20. The largest absolute Gasteiger partial charge is 0.388 e. The number of aryl methyl sites for hydroxylation is 1. The normalized spacial score (nSPS) is 14.2. The Labute approximate surface area is 287 Å². The monoisotopic (exact) mass is 691 g/mol. The summed E-state index contributed by atoms with van der Waals surface area (Å²) in [7, 11) is 0.654. The average Bonchev–Trinajstić information content (AvgIpc) is 3.27. The lowest BCUT2D eigenvalue weighted by atomic mass is 10.1. The molecule has 1 fully saturated rings. The number of nitrogens with one attached hydrogen (secondary N) is 2. The van der Waals surface area contributed by atoms with Crippen LogP contribution in [0.15, 0.2) is 71.8 Å². The third kappa shape index (κ3) is 15.4. The summed E-state index contributed by atoms with van der Waals surface area (Å²) < 4.78 is 28.6. The van der Waals surface area contributed by atoms with Crippen LogP contribution in [0.2, 0.25) is 5.02 Å². The third-order valence-corrected chi connectivity index (χ3v) is 8.74. The van der Waals surface area contributed by atoms with Crippen molar-refractivity contribution in [1.82, 2.24) is 0 Å². The van der Waals surface area contributed by atoms with Crippen LogP contribution in [0.25, 0.3) is 0 Å². The zero-order valence-corrected chi connectivity index (χ0v) is 30.1. The number of aldehydes is 1. The van der Waals surface area contributed by atoms with Gasteiger partial charge in [-0.25, -0.2) is 8.60 Å². The van der Waals surface area contributed by atoms with Crippen LogP contribution in [0, 0.1) is 12.7 Å². The highest BCUT2D eigenvalue weighted by Crippen LogP contribution is 2.25. The van der Waals surface area contributed by atoms with E-state index < -0.39 is 22.7 Å². The lowest BCUT2D eigenvalue weighted by molar-refractivity contribution is 0.102. The first kappa shape index (κ1) is 40.8. The highest BCUT2D eigenvalue weighted by molar-refractivity contribution is 7.86. The van der Waals surface area contributed by atoms with Crippen LogP contribution in [-0.4, -0.2) is 35.7 Å². The molecule has 0 aliphatic carbocycles. The molecule has 0 bridgehead atoms. The highest BCUT2D eigenvalue weighted by atomic mass is 35.5. The number of carbonyl (C=O) groups excluding carboxylic acids is 2. The van der Waals surface area contributed by atoms with E-state index in [4.69, 9.17) is 23.2 Å². The first-order chi connectivity index (χ1) is 22.0. The minimum atomic E-state index is -1.15. The zero-order valence-electron chi connectivity index (χ0n) is 27.8. The van der Waals surface area contributed by atoms with Crippen molar-refractivity contribution < 1.29 is 18.2 Å². The van der Waals surface area contributed by atoms with Crippen molar-refractivity contribution in [3.63, 3.8) is 0 Å². The number of anilines is 3. The van der Waals surface area contributed by atoms with Gasteiger partial charge in [0.1, 0.15) is 23.1 Å². The predicted octanol–water partition coefficient (Wildman–Crippen LogP) is 10.6. The number of hydrogen-bond donors (Lipinski definition) is 2. The number of halogens is 3. The van der Waals surface area contributed by atoms with Gasteiger partial charge in [0.05, 0.1) is 11.3 Å². The summed E-state index contributed by atoms with van der Waals surface area (Å²) in [4.78, 5) is 22.6. The van der Waals surface area contributed by atoms with Crippen molar-refractivity contribution in [3.8, 4) is 0 Å². The Kier molecular flexibility index (Phi) is 20.6. The lowest BCUT2D eigenvalue weighted by Crippen LogP contribution is -2.27. The van der Waals surface area contributed by atoms with Crippen LogP contribution in [0.1, 0.15) is 92.5 Å².